The van der Waals surface area contributed by atoms with Crippen molar-refractivity contribution in [3.05, 3.63) is 64.4 Å². The summed E-state index contributed by atoms with van der Waals surface area (Å²) < 4.78 is 13.6. The number of nitrogens with one attached hydrogen (secondary N) is 1. The smallest absolute Gasteiger partial charge is 0.234 e. The first-order chi connectivity index (χ1) is 11.0. The minimum absolute atomic E-state index is 0.0614. The molecule has 0 heterocycles. The molecule has 2 aromatic carbocycles. The second-order valence-electron chi connectivity index (χ2n) is 4.91. The Hall–Kier alpha value is -1.85. The van der Waals surface area contributed by atoms with E-state index in [-0.39, 0.29) is 23.3 Å². The molecule has 0 aliphatic rings. The van der Waals surface area contributed by atoms with Gasteiger partial charge < -0.3 is 5.32 Å². The molecule has 0 bridgehead atoms. The number of carbonyl (C=O) groups excluding carboxylic acids is 2. The van der Waals surface area contributed by atoms with Crippen molar-refractivity contribution < 1.29 is 14.0 Å². The molecule has 0 aliphatic carbocycles. The quantitative estimate of drug-likeness (QED) is 0.776. The first-order valence-electron chi connectivity index (χ1n) is 6.88. The topological polar surface area (TPSA) is 46.2 Å². The Morgan fingerprint density at radius 3 is 2.70 bits per heavy atom. The summed E-state index contributed by atoms with van der Waals surface area (Å²) in [6.45, 7) is 1.47. The Bertz CT molecular complexity index is 736. The highest BCUT2D eigenvalue weighted by atomic mass is 35.5. The summed E-state index contributed by atoms with van der Waals surface area (Å²) in [5, 5.41) is 3.07. The van der Waals surface area contributed by atoms with Gasteiger partial charge in [-0.05, 0) is 36.8 Å². The number of ketones is 1. The van der Waals surface area contributed by atoms with Crippen LogP contribution in [0.25, 0.3) is 0 Å². The molecule has 23 heavy (non-hydrogen) atoms. The van der Waals surface area contributed by atoms with E-state index in [1.165, 1.54) is 24.8 Å². The lowest BCUT2D eigenvalue weighted by molar-refractivity contribution is -0.113. The van der Waals surface area contributed by atoms with E-state index in [0.717, 1.165) is 0 Å². The van der Waals surface area contributed by atoms with Gasteiger partial charge in [-0.2, -0.15) is 0 Å². The number of thioether (sulfide) groups is 1. The highest BCUT2D eigenvalue weighted by molar-refractivity contribution is 7.99. The Balaban J connectivity index is 1.85. The maximum atomic E-state index is 13.6. The van der Waals surface area contributed by atoms with Crippen LogP contribution in [0.4, 0.5) is 10.1 Å². The molecule has 1 N–H and O–H groups in total. The minimum Gasteiger partial charge on any atom is -0.325 e. The molecule has 120 valence electrons. The maximum absolute atomic E-state index is 13.6. The van der Waals surface area contributed by atoms with Gasteiger partial charge in [0.2, 0.25) is 5.91 Å². The van der Waals surface area contributed by atoms with Crippen molar-refractivity contribution in [1.29, 1.82) is 0 Å². The summed E-state index contributed by atoms with van der Waals surface area (Å²) in [7, 11) is 0. The largest absolute Gasteiger partial charge is 0.325 e. The fraction of sp³-hybridized carbons (Fsp3) is 0.176. The third-order valence-electron chi connectivity index (χ3n) is 3.06. The number of benzene rings is 2. The zero-order chi connectivity index (χ0) is 16.8. The van der Waals surface area contributed by atoms with E-state index in [1.54, 1.807) is 36.4 Å². The molecule has 0 fully saturated rings. The minimum atomic E-state index is -0.375. The summed E-state index contributed by atoms with van der Waals surface area (Å²) in [4.78, 5) is 23.2. The lowest BCUT2D eigenvalue weighted by atomic mass is 10.1. The van der Waals surface area contributed by atoms with Gasteiger partial charge in [0.1, 0.15) is 5.82 Å². The Morgan fingerprint density at radius 2 is 2.00 bits per heavy atom. The Kier molecular flexibility index (Phi) is 6.19. The lowest BCUT2D eigenvalue weighted by Gasteiger charge is -2.07. The van der Waals surface area contributed by atoms with Crippen molar-refractivity contribution in [3.63, 3.8) is 0 Å². The van der Waals surface area contributed by atoms with E-state index in [0.29, 0.717) is 27.6 Å². The lowest BCUT2D eigenvalue weighted by Crippen LogP contribution is -2.14. The number of Topliss-reactive ketones (excluding diaryl/α,β-unsaturated/α-hetero) is 1. The second-order valence-corrected chi connectivity index (χ2v) is 6.34. The van der Waals surface area contributed by atoms with Crippen molar-refractivity contribution in [2.45, 2.75) is 12.7 Å². The number of carbonyl (C=O) groups is 2. The molecular formula is C17H15ClFNO2S. The van der Waals surface area contributed by atoms with Crippen molar-refractivity contribution in [2.24, 2.45) is 0 Å². The molecule has 0 aliphatic heterocycles. The van der Waals surface area contributed by atoms with Gasteiger partial charge in [0, 0.05) is 22.0 Å². The van der Waals surface area contributed by atoms with Crippen molar-refractivity contribution in [1.82, 2.24) is 0 Å². The first-order valence-corrected chi connectivity index (χ1v) is 8.41. The van der Waals surface area contributed by atoms with Crippen molar-refractivity contribution in [2.75, 3.05) is 11.1 Å². The van der Waals surface area contributed by atoms with Gasteiger partial charge >= 0.3 is 0 Å². The van der Waals surface area contributed by atoms with Crippen LogP contribution in [0, 0.1) is 5.82 Å². The van der Waals surface area contributed by atoms with Gasteiger partial charge in [-0.1, -0.05) is 29.8 Å². The van der Waals surface area contributed by atoms with Crippen LogP contribution in [0.3, 0.4) is 0 Å². The van der Waals surface area contributed by atoms with E-state index in [2.05, 4.69) is 5.32 Å². The van der Waals surface area contributed by atoms with Crippen LogP contribution in [-0.4, -0.2) is 17.4 Å². The van der Waals surface area contributed by atoms with Crippen LogP contribution < -0.4 is 5.32 Å². The van der Waals surface area contributed by atoms with Crippen LogP contribution in [0.15, 0.2) is 42.5 Å². The average molecular weight is 352 g/mol. The van der Waals surface area contributed by atoms with Crippen molar-refractivity contribution in [3.8, 4) is 0 Å². The molecule has 0 atom stereocenters. The van der Waals surface area contributed by atoms with Crippen LogP contribution in [-0.2, 0) is 10.5 Å². The maximum Gasteiger partial charge on any atom is 0.234 e. The summed E-state index contributed by atoms with van der Waals surface area (Å²) in [5.41, 5.74) is 1.62. The number of halogens is 2. The predicted octanol–water partition coefficient (Wildman–Crippen LogP) is 4.55. The van der Waals surface area contributed by atoms with E-state index >= 15 is 0 Å². The number of anilines is 1. The normalized spacial score (nSPS) is 10.4. The zero-order valence-corrected chi connectivity index (χ0v) is 14.0. The van der Waals surface area contributed by atoms with Crippen molar-refractivity contribution >= 4 is 40.7 Å². The second kappa shape index (κ2) is 8.13. The average Bonchev–Trinajstić information content (AvgIpc) is 2.49. The molecule has 1 amide bonds. The fourth-order valence-corrected chi connectivity index (χ4v) is 2.88. The summed E-state index contributed by atoms with van der Waals surface area (Å²) in [5.74, 6) is -0.0747. The predicted molar refractivity (Wildman–Crippen MR) is 92.6 cm³/mol. The van der Waals surface area contributed by atoms with E-state index in [9.17, 15) is 14.0 Å². The molecule has 6 heteroatoms. The van der Waals surface area contributed by atoms with Gasteiger partial charge in [0.05, 0.1) is 5.75 Å². The molecule has 3 nitrogen and oxygen atoms in total. The van der Waals surface area contributed by atoms with Crippen LogP contribution in [0.2, 0.25) is 5.02 Å². The standard InChI is InChI=1S/C17H15ClFNO2S/c1-11(21)12-3-2-4-15(7-12)20-17(22)10-23-9-13-5-6-14(18)8-16(13)19/h2-8H,9-10H2,1H3,(H,20,22). The van der Waals surface area contributed by atoms with E-state index in [1.807, 2.05) is 0 Å². The summed E-state index contributed by atoms with van der Waals surface area (Å²) in [6.07, 6.45) is 0. The number of rotatable bonds is 6. The molecule has 0 unspecified atom stereocenters. The monoisotopic (exact) mass is 351 g/mol. The van der Waals surface area contributed by atoms with Gasteiger partial charge in [-0.15, -0.1) is 11.8 Å². The van der Waals surface area contributed by atoms with Gasteiger partial charge in [0.25, 0.3) is 0 Å². The third-order valence-corrected chi connectivity index (χ3v) is 4.28. The Labute approximate surface area is 143 Å². The fourth-order valence-electron chi connectivity index (χ4n) is 1.91. The van der Waals surface area contributed by atoms with Crippen LogP contribution >= 0.6 is 23.4 Å². The van der Waals surface area contributed by atoms with E-state index in [4.69, 9.17) is 11.6 Å². The SMILES string of the molecule is CC(=O)c1cccc(NC(=O)CSCc2ccc(Cl)cc2F)c1. The van der Waals surface area contributed by atoms with Crippen LogP contribution in [0.1, 0.15) is 22.8 Å². The molecule has 2 rings (SSSR count). The molecule has 0 saturated heterocycles. The number of amides is 1. The zero-order valence-electron chi connectivity index (χ0n) is 12.4. The number of hydrogen-bond donors (Lipinski definition) is 1. The first kappa shape index (κ1) is 17.5. The van der Waals surface area contributed by atoms with Gasteiger partial charge in [-0.3, -0.25) is 9.59 Å². The molecule has 0 radical (unpaired) electrons. The molecule has 0 spiro atoms. The van der Waals surface area contributed by atoms with Gasteiger partial charge in [-0.25, -0.2) is 4.39 Å². The highest BCUT2D eigenvalue weighted by Gasteiger charge is 2.07. The molecule has 0 saturated carbocycles. The molecule has 0 aromatic heterocycles. The number of hydrogen-bond acceptors (Lipinski definition) is 3. The highest BCUT2D eigenvalue weighted by Crippen LogP contribution is 2.20. The third kappa shape index (κ3) is 5.37. The summed E-state index contributed by atoms with van der Waals surface area (Å²) in [6, 6.07) is 11.2. The molecule has 2 aromatic rings. The summed E-state index contributed by atoms with van der Waals surface area (Å²) >= 11 is 6.99. The van der Waals surface area contributed by atoms with Crippen LogP contribution in [0.5, 0.6) is 0 Å². The molecular weight excluding hydrogens is 337 g/mol. The van der Waals surface area contributed by atoms with E-state index < -0.39 is 0 Å². The Morgan fingerprint density at radius 1 is 1.22 bits per heavy atom. The van der Waals surface area contributed by atoms with Gasteiger partial charge in [0.15, 0.2) is 5.78 Å².